The number of ether oxygens (including phenoxy) is 1. The molecule has 0 aliphatic heterocycles. The molecule has 0 atom stereocenters. The Morgan fingerprint density at radius 1 is 0.968 bits per heavy atom. The van der Waals surface area contributed by atoms with Gasteiger partial charge in [-0.2, -0.15) is 0 Å². The molecule has 0 N–H and O–H groups in total. The molecular formula is C25H19ClN2O3. The lowest BCUT2D eigenvalue weighted by atomic mass is 10.1. The summed E-state index contributed by atoms with van der Waals surface area (Å²) in [5.74, 6) is 0.367. The molecule has 0 bridgehead atoms. The van der Waals surface area contributed by atoms with Crippen LogP contribution in [0.1, 0.15) is 15.9 Å². The fourth-order valence-corrected chi connectivity index (χ4v) is 3.77. The summed E-state index contributed by atoms with van der Waals surface area (Å²) in [6.07, 6.45) is 0.704. The first-order valence-corrected chi connectivity index (χ1v) is 10.0. The average molecular weight is 431 g/mol. The Morgan fingerprint density at radius 3 is 2.29 bits per heavy atom. The average Bonchev–Trinajstić information content (AvgIpc) is 2.82. The van der Waals surface area contributed by atoms with Crippen molar-refractivity contribution in [3.8, 4) is 28.3 Å². The molecule has 0 radical (unpaired) electrons. The zero-order chi connectivity index (χ0) is 21.8. The molecule has 5 nitrogen and oxygen atoms in total. The first-order valence-electron chi connectivity index (χ1n) is 9.65. The van der Waals surface area contributed by atoms with Crippen LogP contribution in [0.3, 0.4) is 0 Å². The Labute approximate surface area is 184 Å². The maximum absolute atomic E-state index is 13.6. The van der Waals surface area contributed by atoms with Gasteiger partial charge in [0.15, 0.2) is 11.4 Å². The summed E-state index contributed by atoms with van der Waals surface area (Å²) >= 11 is 6.63. The van der Waals surface area contributed by atoms with Crippen molar-refractivity contribution in [3.05, 3.63) is 105 Å². The molecule has 0 unspecified atom stereocenters. The van der Waals surface area contributed by atoms with Gasteiger partial charge >= 0.3 is 0 Å². The van der Waals surface area contributed by atoms with Crippen molar-refractivity contribution in [3.63, 3.8) is 0 Å². The second-order valence-electron chi connectivity index (χ2n) is 6.92. The molecule has 154 valence electrons. The van der Waals surface area contributed by atoms with E-state index in [1.807, 2.05) is 60.7 Å². The molecule has 0 fully saturated rings. The highest BCUT2D eigenvalue weighted by atomic mass is 35.5. The van der Waals surface area contributed by atoms with Crippen LogP contribution in [0.4, 0.5) is 0 Å². The van der Waals surface area contributed by atoms with Gasteiger partial charge in [-0.25, -0.2) is 4.98 Å². The standard InChI is InChI=1S/C25H19ClN2O3/c1-31-21-14-19(12-13-20(21)16-29)22-25(30)28(15-17-8-4-2-5-9-17)23(24(26)27-22)18-10-6-3-7-11-18/h2-14,16H,15H2,1H3. The Bertz CT molecular complexity index is 1290. The van der Waals surface area contributed by atoms with Crippen LogP contribution < -0.4 is 10.3 Å². The van der Waals surface area contributed by atoms with Crippen molar-refractivity contribution in [2.75, 3.05) is 7.11 Å². The van der Waals surface area contributed by atoms with E-state index >= 15 is 0 Å². The van der Waals surface area contributed by atoms with Crippen molar-refractivity contribution in [2.24, 2.45) is 0 Å². The molecule has 3 aromatic carbocycles. The van der Waals surface area contributed by atoms with Gasteiger partial charge in [0.05, 0.1) is 24.9 Å². The molecule has 1 aromatic heterocycles. The largest absolute Gasteiger partial charge is 0.496 e. The van der Waals surface area contributed by atoms with Gasteiger partial charge in [-0.15, -0.1) is 0 Å². The highest BCUT2D eigenvalue weighted by Gasteiger charge is 2.19. The van der Waals surface area contributed by atoms with E-state index in [2.05, 4.69) is 4.98 Å². The highest BCUT2D eigenvalue weighted by Crippen LogP contribution is 2.30. The number of carbonyl (C=O) groups is 1. The summed E-state index contributed by atoms with van der Waals surface area (Å²) in [4.78, 5) is 29.3. The van der Waals surface area contributed by atoms with Gasteiger partial charge < -0.3 is 4.74 Å². The maximum atomic E-state index is 13.6. The lowest BCUT2D eigenvalue weighted by molar-refractivity contribution is 0.112. The summed E-state index contributed by atoms with van der Waals surface area (Å²) < 4.78 is 6.92. The number of hydrogen-bond acceptors (Lipinski definition) is 4. The number of aldehydes is 1. The van der Waals surface area contributed by atoms with Crippen molar-refractivity contribution in [1.82, 2.24) is 9.55 Å². The number of nitrogens with zero attached hydrogens (tertiary/aromatic N) is 2. The van der Waals surface area contributed by atoms with Crippen LogP contribution >= 0.6 is 11.6 Å². The zero-order valence-electron chi connectivity index (χ0n) is 16.8. The third kappa shape index (κ3) is 4.13. The molecule has 1 heterocycles. The van der Waals surface area contributed by atoms with Crippen LogP contribution in [0.5, 0.6) is 5.75 Å². The molecule has 4 aromatic rings. The maximum Gasteiger partial charge on any atom is 0.277 e. The van der Waals surface area contributed by atoms with Crippen LogP contribution in [0, 0.1) is 0 Å². The topological polar surface area (TPSA) is 61.2 Å². The highest BCUT2D eigenvalue weighted by molar-refractivity contribution is 6.32. The lowest BCUT2D eigenvalue weighted by Gasteiger charge is -2.17. The summed E-state index contributed by atoms with van der Waals surface area (Å²) in [5, 5.41) is 0.218. The van der Waals surface area contributed by atoms with Crippen LogP contribution in [0.25, 0.3) is 22.5 Å². The summed E-state index contributed by atoms with van der Waals surface area (Å²) in [5.41, 5.74) is 3.14. The van der Waals surface area contributed by atoms with Gasteiger partial charge in [0.2, 0.25) is 0 Å². The summed E-state index contributed by atoms with van der Waals surface area (Å²) in [6.45, 7) is 0.336. The quantitative estimate of drug-likeness (QED) is 0.399. The Morgan fingerprint density at radius 2 is 1.65 bits per heavy atom. The number of methoxy groups -OCH3 is 1. The second kappa shape index (κ2) is 8.98. The Balaban J connectivity index is 1.95. The number of hydrogen-bond donors (Lipinski definition) is 0. The van der Waals surface area contributed by atoms with Gasteiger partial charge in [-0.05, 0) is 17.7 Å². The van der Waals surface area contributed by atoms with E-state index in [0.29, 0.717) is 35.4 Å². The number of halogens is 1. The first kappa shape index (κ1) is 20.6. The minimum absolute atomic E-state index is 0.191. The van der Waals surface area contributed by atoms with E-state index in [1.54, 1.807) is 22.8 Å². The third-order valence-electron chi connectivity index (χ3n) is 4.99. The van der Waals surface area contributed by atoms with Gasteiger partial charge in [-0.3, -0.25) is 14.2 Å². The molecule has 0 spiro atoms. The molecule has 0 saturated heterocycles. The molecule has 4 rings (SSSR count). The molecule has 0 aliphatic carbocycles. The molecule has 0 aliphatic rings. The molecule has 0 saturated carbocycles. The SMILES string of the molecule is COc1cc(-c2nc(Cl)c(-c3ccccc3)n(Cc3ccccc3)c2=O)ccc1C=O. The second-order valence-corrected chi connectivity index (χ2v) is 7.28. The smallest absolute Gasteiger partial charge is 0.277 e. The number of carbonyl (C=O) groups excluding carboxylic acids is 1. The number of rotatable bonds is 6. The molecular weight excluding hydrogens is 412 g/mol. The fraction of sp³-hybridized carbons (Fsp3) is 0.0800. The van der Waals surface area contributed by atoms with Crippen molar-refractivity contribution in [2.45, 2.75) is 6.54 Å². The minimum atomic E-state index is -0.284. The van der Waals surface area contributed by atoms with Crippen LogP contribution in [-0.2, 0) is 6.54 Å². The monoisotopic (exact) mass is 430 g/mol. The first-order chi connectivity index (χ1) is 15.1. The van der Waals surface area contributed by atoms with Crippen LogP contribution in [0.2, 0.25) is 5.15 Å². The normalized spacial score (nSPS) is 10.6. The molecule has 6 heteroatoms. The Kier molecular flexibility index (Phi) is 5.96. The van der Waals surface area contributed by atoms with Crippen molar-refractivity contribution in [1.29, 1.82) is 0 Å². The van der Waals surface area contributed by atoms with E-state index in [-0.39, 0.29) is 16.4 Å². The summed E-state index contributed by atoms with van der Waals surface area (Å²) in [7, 11) is 1.47. The van der Waals surface area contributed by atoms with Gasteiger partial charge in [0.25, 0.3) is 5.56 Å². The van der Waals surface area contributed by atoms with Gasteiger partial charge in [0, 0.05) is 11.1 Å². The van der Waals surface area contributed by atoms with Crippen molar-refractivity contribution < 1.29 is 9.53 Å². The van der Waals surface area contributed by atoms with Crippen LogP contribution in [0.15, 0.2) is 83.7 Å². The zero-order valence-corrected chi connectivity index (χ0v) is 17.5. The molecule has 0 amide bonds. The van der Waals surface area contributed by atoms with E-state index in [9.17, 15) is 9.59 Å². The minimum Gasteiger partial charge on any atom is -0.496 e. The van der Waals surface area contributed by atoms with Crippen LogP contribution in [-0.4, -0.2) is 22.9 Å². The lowest BCUT2D eigenvalue weighted by Crippen LogP contribution is -2.26. The summed E-state index contributed by atoms with van der Waals surface area (Å²) in [6, 6.07) is 24.1. The van der Waals surface area contributed by atoms with E-state index in [1.165, 1.54) is 7.11 Å². The van der Waals surface area contributed by atoms with E-state index in [0.717, 1.165) is 11.1 Å². The van der Waals surface area contributed by atoms with E-state index < -0.39 is 0 Å². The van der Waals surface area contributed by atoms with Gasteiger partial charge in [-0.1, -0.05) is 78.3 Å². The predicted octanol–water partition coefficient (Wildman–Crippen LogP) is 5.10. The van der Waals surface area contributed by atoms with Crippen molar-refractivity contribution >= 4 is 17.9 Å². The van der Waals surface area contributed by atoms with E-state index in [4.69, 9.17) is 16.3 Å². The number of aromatic nitrogens is 2. The molecule has 31 heavy (non-hydrogen) atoms. The third-order valence-corrected chi connectivity index (χ3v) is 5.25. The number of benzene rings is 3. The fourth-order valence-electron chi connectivity index (χ4n) is 3.47. The van der Waals surface area contributed by atoms with Gasteiger partial charge in [0.1, 0.15) is 11.4 Å². The Hall–Kier alpha value is -3.70. The predicted molar refractivity (Wildman–Crippen MR) is 122 cm³/mol.